The molecule has 0 aliphatic carbocycles. The highest BCUT2D eigenvalue weighted by Gasteiger charge is 2.12. The zero-order chi connectivity index (χ0) is 18.1. The topological polar surface area (TPSA) is 59.9 Å². The Morgan fingerprint density at radius 2 is 2.04 bits per heavy atom. The van der Waals surface area contributed by atoms with Gasteiger partial charge in [-0.2, -0.15) is 5.10 Å². The van der Waals surface area contributed by atoms with Gasteiger partial charge in [-0.05, 0) is 36.8 Å². The number of amides is 1. The average Bonchev–Trinajstić information content (AvgIpc) is 2.63. The Morgan fingerprint density at radius 3 is 2.80 bits per heavy atom. The van der Waals surface area contributed by atoms with Crippen LogP contribution in [0.2, 0.25) is 0 Å². The number of benzene rings is 2. The summed E-state index contributed by atoms with van der Waals surface area (Å²) in [7, 11) is 1.52. The Balaban J connectivity index is 2.06. The Bertz CT molecular complexity index is 747. The number of methoxy groups -OCH3 is 1. The summed E-state index contributed by atoms with van der Waals surface area (Å²) >= 11 is 3.35. The summed E-state index contributed by atoms with van der Waals surface area (Å²) in [5.41, 5.74) is 3.73. The first-order chi connectivity index (χ1) is 12.2. The molecule has 1 N–H and O–H groups in total. The Hall–Kier alpha value is -2.34. The number of carbonyl (C=O) groups is 1. The Kier molecular flexibility index (Phi) is 7.47. The van der Waals surface area contributed by atoms with Crippen molar-refractivity contribution >= 4 is 28.1 Å². The van der Waals surface area contributed by atoms with Crippen LogP contribution in [-0.2, 0) is 0 Å². The van der Waals surface area contributed by atoms with Gasteiger partial charge < -0.3 is 9.47 Å². The van der Waals surface area contributed by atoms with Crippen LogP contribution < -0.4 is 14.9 Å². The van der Waals surface area contributed by atoms with Crippen molar-refractivity contribution in [3.63, 3.8) is 0 Å². The van der Waals surface area contributed by atoms with Crippen molar-refractivity contribution in [2.24, 2.45) is 5.10 Å². The van der Waals surface area contributed by atoms with E-state index in [1.807, 2.05) is 30.3 Å². The van der Waals surface area contributed by atoms with Crippen molar-refractivity contribution in [2.45, 2.75) is 19.8 Å². The summed E-state index contributed by atoms with van der Waals surface area (Å²) in [6.45, 7) is 2.77. The van der Waals surface area contributed by atoms with Crippen LogP contribution in [0.5, 0.6) is 11.5 Å². The first kappa shape index (κ1) is 19.0. The van der Waals surface area contributed by atoms with Crippen LogP contribution in [0.1, 0.15) is 35.7 Å². The van der Waals surface area contributed by atoms with Crippen LogP contribution in [0.4, 0.5) is 0 Å². The largest absolute Gasteiger partial charge is 0.496 e. The van der Waals surface area contributed by atoms with Crippen molar-refractivity contribution in [2.75, 3.05) is 13.7 Å². The first-order valence-electron chi connectivity index (χ1n) is 8.04. The van der Waals surface area contributed by atoms with Crippen molar-refractivity contribution in [1.82, 2.24) is 5.43 Å². The Labute approximate surface area is 156 Å². The lowest BCUT2D eigenvalue weighted by Gasteiger charge is -2.09. The molecule has 0 radical (unpaired) electrons. The van der Waals surface area contributed by atoms with Crippen LogP contribution in [-0.4, -0.2) is 25.8 Å². The molecule has 25 heavy (non-hydrogen) atoms. The second-order valence-corrected chi connectivity index (χ2v) is 6.20. The van der Waals surface area contributed by atoms with Gasteiger partial charge in [0.1, 0.15) is 11.5 Å². The second-order valence-electron chi connectivity index (χ2n) is 5.28. The smallest absolute Gasteiger partial charge is 0.275 e. The number of ether oxygens (including phenoxy) is 2. The van der Waals surface area contributed by atoms with Gasteiger partial charge >= 0.3 is 0 Å². The van der Waals surface area contributed by atoms with E-state index in [1.54, 1.807) is 18.3 Å². The summed E-state index contributed by atoms with van der Waals surface area (Å²) in [6.07, 6.45) is 3.63. The monoisotopic (exact) mass is 404 g/mol. The molecule has 2 rings (SSSR count). The first-order valence-corrected chi connectivity index (χ1v) is 8.83. The molecule has 0 spiro atoms. The van der Waals surface area contributed by atoms with E-state index in [2.05, 4.69) is 33.4 Å². The van der Waals surface area contributed by atoms with Crippen LogP contribution in [0, 0.1) is 0 Å². The number of unbranched alkanes of at least 4 members (excludes halogenated alkanes) is 1. The van der Waals surface area contributed by atoms with Gasteiger partial charge in [-0.25, -0.2) is 5.43 Å². The number of hydrazone groups is 1. The molecule has 0 unspecified atom stereocenters. The van der Waals surface area contributed by atoms with E-state index in [0.717, 1.165) is 28.6 Å². The highest BCUT2D eigenvalue weighted by Crippen LogP contribution is 2.22. The highest BCUT2D eigenvalue weighted by molar-refractivity contribution is 9.10. The zero-order valence-electron chi connectivity index (χ0n) is 14.3. The van der Waals surface area contributed by atoms with Crippen LogP contribution in [0.3, 0.4) is 0 Å². The number of halogens is 1. The van der Waals surface area contributed by atoms with E-state index in [1.165, 1.54) is 7.11 Å². The fourth-order valence-corrected chi connectivity index (χ4v) is 2.48. The zero-order valence-corrected chi connectivity index (χ0v) is 15.9. The quantitative estimate of drug-likeness (QED) is 0.402. The summed E-state index contributed by atoms with van der Waals surface area (Å²) in [5, 5.41) is 4.04. The van der Waals surface area contributed by atoms with Gasteiger partial charge in [0.2, 0.25) is 0 Å². The van der Waals surface area contributed by atoms with E-state index in [4.69, 9.17) is 9.47 Å². The van der Waals surface area contributed by atoms with Gasteiger partial charge in [-0.1, -0.05) is 41.4 Å². The molecule has 2 aromatic rings. The third-order valence-electron chi connectivity index (χ3n) is 3.45. The maximum atomic E-state index is 12.3. The molecule has 2 aromatic carbocycles. The van der Waals surface area contributed by atoms with Crippen LogP contribution in [0.25, 0.3) is 0 Å². The van der Waals surface area contributed by atoms with Gasteiger partial charge in [0.25, 0.3) is 5.91 Å². The molecule has 1 amide bonds. The molecule has 0 aliphatic rings. The lowest BCUT2D eigenvalue weighted by Crippen LogP contribution is -2.18. The molecule has 5 nitrogen and oxygen atoms in total. The lowest BCUT2D eigenvalue weighted by molar-refractivity contribution is 0.0952. The molecule has 0 saturated carbocycles. The van der Waals surface area contributed by atoms with Gasteiger partial charge in [0.05, 0.1) is 25.5 Å². The van der Waals surface area contributed by atoms with Crippen molar-refractivity contribution in [3.05, 3.63) is 58.1 Å². The number of rotatable bonds is 8. The molecule has 6 heteroatoms. The number of hydrogen-bond acceptors (Lipinski definition) is 4. The van der Waals surface area contributed by atoms with Crippen molar-refractivity contribution < 1.29 is 14.3 Å². The van der Waals surface area contributed by atoms with Crippen molar-refractivity contribution in [1.29, 1.82) is 0 Å². The third-order valence-corrected chi connectivity index (χ3v) is 3.94. The van der Waals surface area contributed by atoms with Gasteiger partial charge in [-0.15, -0.1) is 0 Å². The molecule has 0 bridgehead atoms. The summed E-state index contributed by atoms with van der Waals surface area (Å²) in [5.74, 6) is 0.881. The lowest BCUT2D eigenvalue weighted by atomic mass is 10.2. The maximum absolute atomic E-state index is 12.3. The van der Waals surface area contributed by atoms with Gasteiger partial charge in [0.15, 0.2) is 0 Å². The van der Waals surface area contributed by atoms with Crippen molar-refractivity contribution in [3.8, 4) is 11.5 Å². The molecular weight excluding hydrogens is 384 g/mol. The number of carbonyl (C=O) groups excluding carboxylic acids is 1. The van der Waals surface area contributed by atoms with Gasteiger partial charge in [0, 0.05) is 10.0 Å². The summed E-state index contributed by atoms with van der Waals surface area (Å²) in [4.78, 5) is 12.3. The summed E-state index contributed by atoms with van der Waals surface area (Å²) < 4.78 is 11.7. The highest BCUT2D eigenvalue weighted by atomic mass is 79.9. The average molecular weight is 405 g/mol. The summed E-state index contributed by atoms with van der Waals surface area (Å²) in [6, 6.07) is 12.8. The van der Waals surface area contributed by atoms with E-state index in [0.29, 0.717) is 17.9 Å². The molecular formula is C19H21BrN2O3. The van der Waals surface area contributed by atoms with Crippen LogP contribution >= 0.6 is 15.9 Å². The number of para-hydroxylation sites is 1. The molecule has 0 heterocycles. The van der Waals surface area contributed by atoms with Crippen LogP contribution in [0.15, 0.2) is 52.0 Å². The predicted octanol–water partition coefficient (Wildman–Crippen LogP) is 4.40. The van der Waals surface area contributed by atoms with E-state index >= 15 is 0 Å². The standard InChI is InChI=1S/C19H21BrN2O3/c1-3-4-11-25-17-8-6-5-7-14(17)13-21-22-19(23)16-12-15(20)9-10-18(16)24-2/h5-10,12-13H,3-4,11H2,1-2H3,(H,22,23)/b21-13-. The minimum absolute atomic E-state index is 0.348. The molecule has 132 valence electrons. The molecule has 0 saturated heterocycles. The SMILES string of the molecule is CCCCOc1ccccc1/C=N\NC(=O)c1cc(Br)ccc1OC. The van der Waals surface area contributed by atoms with Gasteiger partial charge in [-0.3, -0.25) is 4.79 Å². The Morgan fingerprint density at radius 1 is 1.24 bits per heavy atom. The van der Waals surface area contributed by atoms with E-state index in [9.17, 15) is 4.79 Å². The molecule has 0 aliphatic heterocycles. The molecule has 0 fully saturated rings. The third kappa shape index (κ3) is 5.60. The van der Waals surface area contributed by atoms with E-state index < -0.39 is 0 Å². The number of nitrogens with one attached hydrogen (secondary N) is 1. The maximum Gasteiger partial charge on any atom is 0.275 e. The second kappa shape index (κ2) is 9.84. The normalized spacial score (nSPS) is 10.7. The predicted molar refractivity (Wildman–Crippen MR) is 103 cm³/mol. The number of hydrogen-bond donors (Lipinski definition) is 1. The fourth-order valence-electron chi connectivity index (χ4n) is 2.12. The minimum atomic E-state index is -0.348. The minimum Gasteiger partial charge on any atom is -0.496 e. The van der Waals surface area contributed by atoms with E-state index in [-0.39, 0.29) is 5.91 Å². The fraction of sp³-hybridized carbons (Fsp3) is 0.263. The molecule has 0 aromatic heterocycles. The number of nitrogens with zero attached hydrogens (tertiary/aromatic N) is 1. The molecule has 0 atom stereocenters.